The van der Waals surface area contributed by atoms with E-state index in [0.717, 1.165) is 46.7 Å². The molecule has 5 amide bonds. The van der Waals surface area contributed by atoms with Gasteiger partial charge in [-0.3, -0.25) is 58.0 Å². The molecule has 6 aliphatic heterocycles. The van der Waals surface area contributed by atoms with Crippen LogP contribution in [0, 0.1) is 34.5 Å². The number of allylic oxidation sites excluding steroid dienone is 2. The lowest BCUT2D eigenvalue weighted by Gasteiger charge is -2.36. The second kappa shape index (κ2) is 33.8. The molecule has 6 aliphatic rings. The molecule has 10 rings (SSSR count). The summed E-state index contributed by atoms with van der Waals surface area (Å²) in [6.45, 7) is 22.3. The van der Waals surface area contributed by atoms with Crippen LogP contribution < -0.4 is 26.8 Å². The molecule has 4 aromatic rings. The molecule has 0 radical (unpaired) electrons. The molecule has 0 spiro atoms. The lowest BCUT2D eigenvalue weighted by molar-refractivity contribution is -0.158. The first-order valence-electron chi connectivity index (χ1n) is 34.7. The molecule has 10 bridgehead atoms. The van der Waals surface area contributed by atoms with Gasteiger partial charge in [0.15, 0.2) is 0 Å². The second-order valence-electron chi connectivity index (χ2n) is 28.4. The topological polar surface area (TPSA) is 305 Å². The van der Waals surface area contributed by atoms with Crippen molar-refractivity contribution in [2.45, 2.75) is 196 Å². The van der Waals surface area contributed by atoms with Gasteiger partial charge >= 0.3 is 17.9 Å². The number of Topliss-reactive ketones (excluding diaryl/α,β-unsaturated/α-hetero) is 2. The maximum atomic E-state index is 14.1. The fraction of sp³-hybridized carbons (Fsp3) is 0.568. The smallest absolute Gasteiger partial charge is 0.325 e. The number of nitrogens with zero attached hydrogens (tertiary/aromatic N) is 5. The first-order valence-corrected chi connectivity index (χ1v) is 34.7. The van der Waals surface area contributed by atoms with Gasteiger partial charge in [0.25, 0.3) is 11.8 Å². The summed E-state index contributed by atoms with van der Waals surface area (Å²) < 4.78 is 11.6. The summed E-state index contributed by atoms with van der Waals surface area (Å²) in [5, 5.41) is 22.6. The number of rotatable bonds is 6. The number of likely N-dealkylation sites (tertiary alicyclic amines) is 1. The van der Waals surface area contributed by atoms with Crippen LogP contribution in [0.25, 0.3) is 34.0 Å². The summed E-state index contributed by atoms with van der Waals surface area (Å²) in [4.78, 5) is 145. The number of aromatic nitrogens is 2. The Kier molecular flexibility index (Phi) is 26.0. The number of carboxylic acid groups (broad SMARTS) is 1. The van der Waals surface area contributed by atoms with Crippen LogP contribution in [0.1, 0.15) is 194 Å². The quantitative estimate of drug-likeness (QED) is 0.0982. The van der Waals surface area contributed by atoms with Gasteiger partial charge in [-0.2, -0.15) is 0 Å². The van der Waals surface area contributed by atoms with Crippen LogP contribution in [0.15, 0.2) is 72.8 Å². The van der Waals surface area contributed by atoms with Crippen LogP contribution in [0.5, 0.6) is 0 Å². The van der Waals surface area contributed by atoms with Crippen molar-refractivity contribution in [3.8, 4) is 0 Å². The lowest BCUT2D eigenvalue weighted by Crippen LogP contribution is -2.61. The molecule has 524 valence electrons. The number of nitrogens with one attached hydrogen (secondary N) is 5. The van der Waals surface area contributed by atoms with Crippen LogP contribution in [-0.4, -0.2) is 152 Å². The summed E-state index contributed by atoms with van der Waals surface area (Å²) in [7, 11) is 0. The number of piperidine rings is 2. The number of benzene rings is 2. The molecule has 2 aromatic heterocycles. The van der Waals surface area contributed by atoms with E-state index in [-0.39, 0.29) is 55.1 Å². The number of pyridine rings is 2. The van der Waals surface area contributed by atoms with E-state index in [2.05, 4.69) is 26.8 Å². The van der Waals surface area contributed by atoms with E-state index < -0.39 is 107 Å². The zero-order valence-corrected chi connectivity index (χ0v) is 58.1. The lowest BCUT2D eigenvalue weighted by atomic mass is 9.79. The number of ketones is 2. The Balaban J connectivity index is 0.000000229. The molecule has 4 fully saturated rings. The molecule has 8 heterocycles. The van der Waals surface area contributed by atoms with Crippen molar-refractivity contribution in [3.63, 3.8) is 0 Å². The van der Waals surface area contributed by atoms with Gasteiger partial charge in [-0.1, -0.05) is 94.8 Å². The van der Waals surface area contributed by atoms with Gasteiger partial charge in [0, 0.05) is 72.5 Å². The van der Waals surface area contributed by atoms with Gasteiger partial charge in [0.05, 0.1) is 35.3 Å². The molecule has 6 N–H and O–H groups in total. The molecule has 0 saturated carbocycles. The van der Waals surface area contributed by atoms with E-state index in [9.17, 15) is 53.1 Å². The molecule has 4 saturated heterocycles. The van der Waals surface area contributed by atoms with Gasteiger partial charge in [-0.15, -0.1) is 0 Å². The Morgan fingerprint density at radius 1 is 0.557 bits per heavy atom. The van der Waals surface area contributed by atoms with Crippen molar-refractivity contribution in [2.75, 3.05) is 39.3 Å². The van der Waals surface area contributed by atoms with E-state index >= 15 is 0 Å². The predicted molar refractivity (Wildman–Crippen MR) is 368 cm³/mol. The molecular formula is C74H100N10O13. The Hall–Kier alpha value is -8.28. The van der Waals surface area contributed by atoms with Gasteiger partial charge < -0.3 is 35.4 Å². The Morgan fingerprint density at radius 2 is 0.969 bits per heavy atom. The third-order valence-electron chi connectivity index (χ3n) is 19.2. The molecule has 23 heteroatoms. The highest BCUT2D eigenvalue weighted by atomic mass is 16.5. The van der Waals surface area contributed by atoms with Crippen molar-refractivity contribution in [1.82, 2.24) is 51.7 Å². The van der Waals surface area contributed by atoms with Crippen molar-refractivity contribution in [3.05, 3.63) is 95.3 Å². The van der Waals surface area contributed by atoms with E-state index in [4.69, 9.17) is 19.4 Å². The molecule has 0 unspecified atom stereocenters. The average molecular weight is 1340 g/mol. The highest BCUT2D eigenvalue weighted by Gasteiger charge is 2.41. The number of aliphatic carboxylic acids is 1. The highest BCUT2D eigenvalue weighted by Crippen LogP contribution is 2.32. The zero-order valence-electron chi connectivity index (χ0n) is 58.1. The normalized spacial score (nSPS) is 26.3. The van der Waals surface area contributed by atoms with E-state index in [0.29, 0.717) is 62.2 Å². The third kappa shape index (κ3) is 20.4. The third-order valence-corrected chi connectivity index (χ3v) is 19.2. The molecule has 0 aliphatic carbocycles. The first-order chi connectivity index (χ1) is 46.1. The Labute approximate surface area is 569 Å². The monoisotopic (exact) mass is 1340 g/mol. The van der Waals surface area contributed by atoms with Gasteiger partial charge in [-0.05, 0) is 160 Å². The number of carboxylic acids is 1. The van der Waals surface area contributed by atoms with Gasteiger partial charge in [-0.25, -0.2) is 20.8 Å². The summed E-state index contributed by atoms with van der Waals surface area (Å²) in [6, 6.07) is 14.8. The average Bonchev–Trinajstić information content (AvgIpc) is 1.55. The number of hydrazine groups is 2. The number of fused-ring (bicyclic) bond motifs is 8. The van der Waals surface area contributed by atoms with Crippen LogP contribution in [0.2, 0.25) is 0 Å². The second-order valence-corrected chi connectivity index (χ2v) is 28.4. The number of ether oxygens (including phenoxy) is 2. The minimum Gasteiger partial charge on any atom is -0.481 e. The number of esters is 2. The Bertz CT molecular complexity index is 3580. The largest absolute Gasteiger partial charge is 0.481 e. The molecular weight excluding hydrogens is 1240 g/mol. The van der Waals surface area contributed by atoms with Gasteiger partial charge in [0.2, 0.25) is 17.7 Å². The van der Waals surface area contributed by atoms with Crippen molar-refractivity contribution >= 4 is 93.0 Å². The van der Waals surface area contributed by atoms with E-state index in [1.54, 1.807) is 58.6 Å². The summed E-state index contributed by atoms with van der Waals surface area (Å²) in [5.74, 6) is -7.07. The minimum atomic E-state index is -1.40. The standard InChI is InChI=1S/C37H49N5O6.C32H40N4O7.C5H11N/c1-23(2)27-21-32(43)37(4,5)16-15-25-11-12-26-13-14-28(38-30(26)20-25)24(3)48-36(47)29-10-9-19-42(40-29)35(46)31(39-34(27)45)22-33(44)41-17-7-6-8-18-41;1-18(2)22-16-27(37)32(4,5)13-12-20-8-9-21-10-11-23(33-25(21)15-20)19(3)43-31(42)24-7-6-14-36(35-24)30(41)26(17-28(38)39)34-29(22)40;1-2-4-6-5-3-1/h11-16,20,23-24,27,29,31,40H,6-10,17-19,21-22H2,1-5H3,(H,39,45);8-13,15,18-19,22,24,26,35H,6-7,14,16-17H2,1-5H3,(H,34,40)(H,38,39);6H,1-5H2/b16-15+;13-12+;/t24-,27+,29+,31+;19-,22+,24+,26+;/m11./s1. The maximum Gasteiger partial charge on any atom is 0.325 e. The molecule has 23 nitrogen and oxygen atoms in total. The summed E-state index contributed by atoms with van der Waals surface area (Å²) in [6.07, 6.45) is 13.9. The summed E-state index contributed by atoms with van der Waals surface area (Å²) in [5.41, 5.74) is 8.33. The number of hydrogen-bond acceptors (Lipinski definition) is 17. The maximum absolute atomic E-state index is 14.1. The number of cyclic esters (lactones) is 2. The number of hydrogen-bond donors (Lipinski definition) is 6. The first kappa shape index (κ1) is 74.5. The summed E-state index contributed by atoms with van der Waals surface area (Å²) >= 11 is 0. The van der Waals surface area contributed by atoms with E-state index in [1.165, 1.54) is 42.4 Å². The number of carbonyl (C=O) groups excluding carboxylic acids is 9. The fourth-order valence-electron chi connectivity index (χ4n) is 12.6. The molecule has 8 atom stereocenters. The van der Waals surface area contributed by atoms with E-state index in [1.807, 2.05) is 101 Å². The SMILES string of the molecule is C1CCNCC1.CC(C)[C@@H]1CC(=O)C(C)(C)/C=C/c2ccc3ccc(nc3c2)[C@@H](C)OC(=O)[C@@H]2CCCN(N2)C(=O)[C@H](CC(=O)N2CCCCC2)NC1=O.CC(C)[C@@H]1CC(=O)C(C)(C)/C=C/c2ccc3ccc(nc3c2)[C@@H](C)OC(=O)[C@@H]2CCCN(N2)C(=O)[C@H](CC(=O)O)NC1=O. The number of carbonyl (C=O) groups is 10. The highest BCUT2D eigenvalue weighted by molar-refractivity contribution is 5.97. The van der Waals surface area contributed by atoms with Crippen molar-refractivity contribution < 1.29 is 62.5 Å². The van der Waals surface area contributed by atoms with Crippen molar-refractivity contribution in [2.24, 2.45) is 34.5 Å². The minimum absolute atomic E-state index is 0.0295. The van der Waals surface area contributed by atoms with Gasteiger partial charge in [0.1, 0.15) is 47.9 Å². The number of amides is 5. The van der Waals surface area contributed by atoms with Crippen LogP contribution in [0.3, 0.4) is 0 Å². The zero-order chi connectivity index (χ0) is 70.3. The predicted octanol–water partition coefficient (Wildman–Crippen LogP) is 8.84. The molecule has 97 heavy (non-hydrogen) atoms. The molecule has 2 aromatic carbocycles. The van der Waals surface area contributed by atoms with Crippen LogP contribution in [0.4, 0.5) is 0 Å². The van der Waals surface area contributed by atoms with Crippen LogP contribution in [-0.2, 0) is 57.4 Å². The van der Waals surface area contributed by atoms with Crippen molar-refractivity contribution in [1.29, 1.82) is 0 Å². The Morgan fingerprint density at radius 3 is 1.36 bits per heavy atom. The van der Waals surface area contributed by atoms with Crippen LogP contribution >= 0.6 is 0 Å². The fourth-order valence-corrected chi connectivity index (χ4v) is 12.6.